The zero-order valence-corrected chi connectivity index (χ0v) is 4.85. The summed E-state index contributed by atoms with van der Waals surface area (Å²) < 4.78 is 0. The summed E-state index contributed by atoms with van der Waals surface area (Å²) in [6.45, 7) is 0. The minimum atomic E-state index is -2.33. The van der Waals surface area contributed by atoms with E-state index in [0.717, 1.165) is 0 Å². The molecule has 0 aromatic carbocycles. The molecule has 0 fully saturated rings. The van der Waals surface area contributed by atoms with Crippen LogP contribution in [0.25, 0.3) is 0 Å². The van der Waals surface area contributed by atoms with Crippen LogP contribution in [0, 0.1) is 0 Å². The molecule has 0 radical (unpaired) electrons. The van der Waals surface area contributed by atoms with Crippen molar-refractivity contribution in [3.8, 4) is 0 Å². The van der Waals surface area contributed by atoms with E-state index in [1.165, 1.54) is 0 Å². The summed E-state index contributed by atoms with van der Waals surface area (Å²) in [6.07, 6.45) is -2.33. The van der Waals surface area contributed by atoms with Gasteiger partial charge < -0.3 is 26.0 Å². The Morgan fingerprint density at radius 3 is 1.14 bits per heavy atom. The van der Waals surface area contributed by atoms with Gasteiger partial charge in [0.2, 0.25) is 0 Å². The minimum absolute atomic E-state index is 0. The Morgan fingerprint density at radius 1 is 1.14 bits per heavy atom. The van der Waals surface area contributed by atoms with E-state index in [0.29, 0.717) is 0 Å². The van der Waals surface area contributed by atoms with Crippen LogP contribution in [0.1, 0.15) is 0 Å². The fourth-order valence-electron chi connectivity index (χ4n) is 0. The van der Waals surface area contributed by atoms with Gasteiger partial charge in [0.25, 0.3) is 0 Å². The van der Waals surface area contributed by atoms with Crippen LogP contribution in [0.3, 0.4) is 0 Å². The summed E-state index contributed by atoms with van der Waals surface area (Å²) in [5.41, 5.74) is 0. The molecule has 0 atom stereocenters. The molecule has 4 N–H and O–H groups in total. The maximum absolute atomic E-state index is 8.33. The standard InChI is InChI=1S/CH2O3.Mg.2H2O/c2-1(3)4;;;/h(H2,2,3,4);;2*1H2/q;+2;;/p-2. The van der Waals surface area contributed by atoms with Gasteiger partial charge in [-0.3, -0.25) is 0 Å². The predicted octanol–water partition coefficient (Wildman–Crippen LogP) is -4.48. The molecule has 0 saturated carbocycles. The van der Waals surface area contributed by atoms with Crippen LogP contribution in [0.15, 0.2) is 0 Å². The van der Waals surface area contributed by atoms with E-state index in [1.807, 2.05) is 0 Å². The molecule has 0 amide bonds. The van der Waals surface area contributed by atoms with Crippen LogP contribution in [0.4, 0.5) is 4.79 Å². The first-order chi connectivity index (χ1) is 1.73. The van der Waals surface area contributed by atoms with Gasteiger partial charge in [-0.05, 0) is 6.16 Å². The van der Waals surface area contributed by atoms with Crippen LogP contribution >= 0.6 is 0 Å². The van der Waals surface area contributed by atoms with Gasteiger partial charge in [-0.2, -0.15) is 0 Å². The SMILES string of the molecule is O.O.O=C([O-])[O-].[Mg+2]. The number of rotatable bonds is 0. The molecule has 5 nitrogen and oxygen atoms in total. The summed E-state index contributed by atoms with van der Waals surface area (Å²) in [6, 6.07) is 0. The zero-order valence-electron chi connectivity index (χ0n) is 3.43. The topological polar surface area (TPSA) is 126 Å². The molecular formula is CH4MgO5. The van der Waals surface area contributed by atoms with Gasteiger partial charge in [0.1, 0.15) is 0 Å². The van der Waals surface area contributed by atoms with Gasteiger partial charge in [-0.25, -0.2) is 0 Å². The van der Waals surface area contributed by atoms with Gasteiger partial charge >= 0.3 is 23.1 Å². The fraction of sp³-hybridized carbons (Fsp3) is 0. The Morgan fingerprint density at radius 2 is 1.14 bits per heavy atom. The molecule has 0 aliphatic carbocycles. The molecule has 0 rings (SSSR count). The van der Waals surface area contributed by atoms with Gasteiger partial charge in [0.15, 0.2) is 0 Å². The quantitative estimate of drug-likeness (QED) is 0.299. The second-order valence-corrected chi connectivity index (χ2v) is 0.250. The predicted molar refractivity (Wildman–Crippen MR) is 18.4 cm³/mol. The smallest absolute Gasteiger partial charge is 0.652 e. The molecule has 0 spiro atoms. The van der Waals surface area contributed by atoms with Crippen LogP contribution in [-0.4, -0.2) is 40.2 Å². The average Bonchev–Trinajstić information content (AvgIpc) is 0.811. The normalized spacial score (nSPS) is 3.43. The van der Waals surface area contributed by atoms with E-state index in [4.69, 9.17) is 15.0 Å². The Balaban J connectivity index is -0.0000000150. The number of carbonyl (C=O) groups excluding carboxylic acids is 1. The number of hydrogen-bond donors (Lipinski definition) is 0. The fourth-order valence-corrected chi connectivity index (χ4v) is 0. The van der Waals surface area contributed by atoms with Crippen molar-refractivity contribution in [3.05, 3.63) is 0 Å². The second kappa shape index (κ2) is 16.7. The van der Waals surface area contributed by atoms with E-state index in [9.17, 15) is 0 Å². The Bertz CT molecular complexity index is 31.1. The number of hydrogen-bond acceptors (Lipinski definition) is 3. The first kappa shape index (κ1) is 28.2. The van der Waals surface area contributed by atoms with Gasteiger partial charge in [-0.1, -0.05) is 0 Å². The van der Waals surface area contributed by atoms with Crippen LogP contribution < -0.4 is 10.2 Å². The van der Waals surface area contributed by atoms with Gasteiger partial charge in [0, 0.05) is 0 Å². The van der Waals surface area contributed by atoms with Crippen molar-refractivity contribution in [2.45, 2.75) is 0 Å². The zero-order chi connectivity index (χ0) is 3.58. The molecule has 0 aromatic heterocycles. The monoisotopic (exact) mass is 120 g/mol. The van der Waals surface area contributed by atoms with E-state index in [1.54, 1.807) is 0 Å². The second-order valence-electron chi connectivity index (χ2n) is 0.250. The third-order valence-electron chi connectivity index (χ3n) is 0. The van der Waals surface area contributed by atoms with Gasteiger partial charge in [0.05, 0.1) is 0 Å². The molecule has 0 unspecified atom stereocenters. The van der Waals surface area contributed by atoms with Crippen LogP contribution in [-0.2, 0) is 0 Å². The van der Waals surface area contributed by atoms with Crippen molar-refractivity contribution >= 4 is 29.2 Å². The van der Waals surface area contributed by atoms with Crippen molar-refractivity contribution in [1.82, 2.24) is 0 Å². The van der Waals surface area contributed by atoms with E-state index in [-0.39, 0.29) is 34.0 Å². The van der Waals surface area contributed by atoms with E-state index in [2.05, 4.69) is 0 Å². The van der Waals surface area contributed by atoms with Crippen molar-refractivity contribution in [3.63, 3.8) is 0 Å². The molecule has 0 aromatic rings. The molecule has 7 heavy (non-hydrogen) atoms. The van der Waals surface area contributed by atoms with E-state index >= 15 is 0 Å². The third kappa shape index (κ3) is 48700. The molecule has 6 heteroatoms. The van der Waals surface area contributed by atoms with E-state index < -0.39 is 6.16 Å². The summed E-state index contributed by atoms with van der Waals surface area (Å²) in [5, 5.41) is 16.7. The molecule has 0 aliphatic rings. The molecule has 40 valence electrons. The van der Waals surface area contributed by atoms with Crippen molar-refractivity contribution in [2.24, 2.45) is 0 Å². The summed E-state index contributed by atoms with van der Waals surface area (Å²) in [4.78, 5) is 8.33. The maximum atomic E-state index is 8.33. The summed E-state index contributed by atoms with van der Waals surface area (Å²) >= 11 is 0. The summed E-state index contributed by atoms with van der Waals surface area (Å²) in [7, 11) is 0. The van der Waals surface area contributed by atoms with Gasteiger partial charge in [-0.15, -0.1) is 0 Å². The largest absolute Gasteiger partial charge is 2.00 e. The molecule has 0 saturated heterocycles. The molecular weight excluding hydrogens is 116 g/mol. The molecule has 0 bridgehead atoms. The molecule has 0 aliphatic heterocycles. The summed E-state index contributed by atoms with van der Waals surface area (Å²) in [5.74, 6) is 0. The van der Waals surface area contributed by atoms with Crippen LogP contribution in [0.2, 0.25) is 0 Å². The number of carbonyl (C=O) groups is 1. The van der Waals surface area contributed by atoms with Crippen molar-refractivity contribution in [2.75, 3.05) is 0 Å². The van der Waals surface area contributed by atoms with Crippen molar-refractivity contribution in [1.29, 1.82) is 0 Å². The Hall–Kier alpha value is -0.0438. The first-order valence-electron chi connectivity index (χ1n) is 0.612. The number of carboxylic acid groups (broad SMARTS) is 2. The maximum Gasteiger partial charge on any atom is 2.00 e. The first-order valence-corrected chi connectivity index (χ1v) is 0.612. The minimum Gasteiger partial charge on any atom is -0.652 e. The third-order valence-corrected chi connectivity index (χ3v) is 0. The average molecular weight is 120 g/mol. The van der Waals surface area contributed by atoms with Crippen LogP contribution in [0.5, 0.6) is 0 Å². The Kier molecular flexibility index (Phi) is 67.5. The van der Waals surface area contributed by atoms with Crippen molar-refractivity contribution < 1.29 is 26.0 Å². The Labute approximate surface area is 55.7 Å². The molecule has 0 heterocycles.